The smallest absolute Gasteiger partial charge is 0.0777 e. The van der Waals surface area contributed by atoms with E-state index in [0.29, 0.717) is 11.5 Å². The molecular formula is C8H19NO2S. The van der Waals surface area contributed by atoms with Gasteiger partial charge in [-0.3, -0.25) is 4.21 Å². The normalized spacial score (nSPS) is 15.9. The number of hydrogen-bond acceptors (Lipinski definition) is 3. The highest BCUT2D eigenvalue weighted by Crippen LogP contribution is 1.97. The maximum Gasteiger partial charge on any atom is 0.0777 e. The summed E-state index contributed by atoms with van der Waals surface area (Å²) in [6.07, 6.45) is 2.65. The molecule has 4 heteroatoms. The van der Waals surface area contributed by atoms with Crippen LogP contribution in [0.2, 0.25) is 0 Å². The van der Waals surface area contributed by atoms with Gasteiger partial charge < -0.3 is 10.8 Å². The standard InChI is InChI=1S/C8H19NO2S/c1-2-3-4-5-12(11)7-8(10)6-9/h8,10H,2-7,9H2,1H3. The first-order valence-corrected chi connectivity index (χ1v) is 5.92. The number of aliphatic hydroxyl groups excluding tert-OH is 1. The van der Waals surface area contributed by atoms with Crippen molar-refractivity contribution in [1.82, 2.24) is 0 Å². The highest BCUT2D eigenvalue weighted by Gasteiger charge is 2.06. The van der Waals surface area contributed by atoms with Crippen molar-refractivity contribution in [2.24, 2.45) is 5.73 Å². The molecule has 0 spiro atoms. The molecule has 0 fully saturated rings. The van der Waals surface area contributed by atoms with Crippen LogP contribution in [0.1, 0.15) is 26.2 Å². The lowest BCUT2D eigenvalue weighted by Gasteiger charge is -2.06. The van der Waals surface area contributed by atoms with Gasteiger partial charge in [0.1, 0.15) is 0 Å². The molecule has 0 aromatic heterocycles. The van der Waals surface area contributed by atoms with Crippen LogP contribution < -0.4 is 5.73 Å². The van der Waals surface area contributed by atoms with Crippen LogP contribution >= 0.6 is 0 Å². The van der Waals surface area contributed by atoms with Gasteiger partial charge >= 0.3 is 0 Å². The van der Waals surface area contributed by atoms with Gasteiger partial charge in [0.15, 0.2) is 0 Å². The summed E-state index contributed by atoms with van der Waals surface area (Å²) >= 11 is 0. The van der Waals surface area contributed by atoms with Crippen molar-refractivity contribution in [2.75, 3.05) is 18.1 Å². The van der Waals surface area contributed by atoms with Gasteiger partial charge in [-0.15, -0.1) is 0 Å². The van der Waals surface area contributed by atoms with E-state index in [1.165, 1.54) is 0 Å². The van der Waals surface area contributed by atoms with Crippen molar-refractivity contribution in [3.63, 3.8) is 0 Å². The van der Waals surface area contributed by atoms with Crippen LogP contribution in [0, 0.1) is 0 Å². The zero-order valence-corrected chi connectivity index (χ0v) is 8.48. The summed E-state index contributed by atoms with van der Waals surface area (Å²) in [6, 6.07) is 0. The molecular weight excluding hydrogens is 174 g/mol. The van der Waals surface area contributed by atoms with Gasteiger partial charge in [0.2, 0.25) is 0 Å². The van der Waals surface area contributed by atoms with Gasteiger partial charge in [-0.1, -0.05) is 19.8 Å². The summed E-state index contributed by atoms with van der Waals surface area (Å²) in [7, 11) is -0.881. The maximum atomic E-state index is 11.2. The molecule has 12 heavy (non-hydrogen) atoms. The fourth-order valence-electron chi connectivity index (χ4n) is 0.879. The second-order valence-electron chi connectivity index (χ2n) is 2.91. The number of rotatable bonds is 7. The molecule has 0 aromatic carbocycles. The van der Waals surface area contributed by atoms with E-state index in [1.807, 2.05) is 0 Å². The summed E-state index contributed by atoms with van der Waals surface area (Å²) in [4.78, 5) is 0. The molecule has 0 rings (SSSR count). The van der Waals surface area contributed by atoms with Gasteiger partial charge in [-0.2, -0.15) is 0 Å². The lowest BCUT2D eigenvalue weighted by atomic mass is 10.3. The predicted octanol–water partition coefficient (Wildman–Crippen LogP) is 0.245. The van der Waals surface area contributed by atoms with Crippen LogP contribution in [0.25, 0.3) is 0 Å². The van der Waals surface area contributed by atoms with Crippen molar-refractivity contribution < 1.29 is 9.32 Å². The first-order valence-electron chi connectivity index (χ1n) is 4.43. The molecule has 0 saturated carbocycles. The molecule has 0 heterocycles. The highest BCUT2D eigenvalue weighted by molar-refractivity contribution is 7.85. The summed E-state index contributed by atoms with van der Waals surface area (Å²) in [5.74, 6) is 1.03. The van der Waals surface area contributed by atoms with E-state index in [-0.39, 0.29) is 6.54 Å². The minimum absolute atomic E-state index is 0.208. The Morgan fingerprint density at radius 1 is 1.50 bits per heavy atom. The molecule has 3 nitrogen and oxygen atoms in total. The fourth-order valence-corrected chi connectivity index (χ4v) is 2.14. The molecule has 0 radical (unpaired) electrons. The topological polar surface area (TPSA) is 63.3 Å². The Hall–Kier alpha value is 0.0700. The van der Waals surface area contributed by atoms with E-state index in [4.69, 9.17) is 10.8 Å². The average molecular weight is 193 g/mol. The Balaban J connectivity index is 3.33. The molecule has 0 aliphatic heterocycles. The van der Waals surface area contributed by atoms with E-state index >= 15 is 0 Å². The van der Waals surface area contributed by atoms with E-state index in [2.05, 4.69) is 6.92 Å². The minimum Gasteiger partial charge on any atom is -0.391 e. The third-order valence-electron chi connectivity index (χ3n) is 1.63. The molecule has 0 aliphatic rings. The number of nitrogens with two attached hydrogens (primary N) is 1. The molecule has 2 atom stereocenters. The third-order valence-corrected chi connectivity index (χ3v) is 3.13. The van der Waals surface area contributed by atoms with E-state index in [9.17, 15) is 4.21 Å². The second kappa shape index (κ2) is 7.71. The summed E-state index contributed by atoms with van der Waals surface area (Å²) in [5, 5.41) is 9.07. The SMILES string of the molecule is CCCCCS(=O)CC(O)CN. The van der Waals surface area contributed by atoms with Crippen LogP contribution in [-0.2, 0) is 10.8 Å². The Bertz CT molecular complexity index is 130. The van der Waals surface area contributed by atoms with Crippen LogP contribution in [-0.4, -0.2) is 33.5 Å². The molecule has 3 N–H and O–H groups in total. The Labute approximate surface area is 76.8 Å². The van der Waals surface area contributed by atoms with Crippen LogP contribution in [0.5, 0.6) is 0 Å². The van der Waals surface area contributed by atoms with Crippen molar-refractivity contribution >= 4 is 10.8 Å². The van der Waals surface area contributed by atoms with Crippen molar-refractivity contribution in [2.45, 2.75) is 32.3 Å². The number of unbranched alkanes of at least 4 members (excludes halogenated alkanes) is 2. The Morgan fingerprint density at radius 3 is 2.67 bits per heavy atom. The minimum atomic E-state index is -0.881. The van der Waals surface area contributed by atoms with Crippen molar-refractivity contribution in [1.29, 1.82) is 0 Å². The first-order chi connectivity index (χ1) is 5.70. The molecule has 74 valence electrons. The predicted molar refractivity (Wildman–Crippen MR) is 52.5 cm³/mol. The quantitative estimate of drug-likeness (QED) is 0.569. The van der Waals surface area contributed by atoms with Crippen molar-refractivity contribution in [3.8, 4) is 0 Å². The number of aliphatic hydroxyl groups is 1. The third kappa shape index (κ3) is 6.76. The molecule has 2 unspecified atom stereocenters. The van der Waals surface area contributed by atoms with Crippen molar-refractivity contribution in [3.05, 3.63) is 0 Å². The molecule has 0 aliphatic carbocycles. The monoisotopic (exact) mass is 193 g/mol. The van der Waals surface area contributed by atoms with Crippen LogP contribution in [0.3, 0.4) is 0 Å². The zero-order chi connectivity index (χ0) is 9.40. The summed E-state index contributed by atoms with van der Waals surface area (Å²) < 4.78 is 11.2. The molecule has 0 aromatic rings. The Morgan fingerprint density at radius 2 is 2.17 bits per heavy atom. The maximum absolute atomic E-state index is 11.2. The first kappa shape index (κ1) is 12.1. The fraction of sp³-hybridized carbons (Fsp3) is 1.00. The van der Waals surface area contributed by atoms with Gasteiger partial charge in [0, 0.05) is 23.1 Å². The van der Waals surface area contributed by atoms with E-state index < -0.39 is 16.9 Å². The summed E-state index contributed by atoms with van der Waals surface area (Å²) in [5.41, 5.74) is 5.19. The van der Waals surface area contributed by atoms with Gasteiger partial charge in [-0.05, 0) is 6.42 Å². The Kier molecular flexibility index (Phi) is 7.75. The lowest BCUT2D eigenvalue weighted by Crippen LogP contribution is -2.26. The summed E-state index contributed by atoms with van der Waals surface area (Å²) in [6.45, 7) is 2.32. The second-order valence-corrected chi connectivity index (χ2v) is 4.53. The van der Waals surface area contributed by atoms with E-state index in [1.54, 1.807) is 0 Å². The zero-order valence-electron chi connectivity index (χ0n) is 7.66. The average Bonchev–Trinajstić information content (AvgIpc) is 2.05. The molecule has 0 amide bonds. The van der Waals surface area contributed by atoms with Gasteiger partial charge in [0.05, 0.1) is 11.9 Å². The largest absolute Gasteiger partial charge is 0.391 e. The molecule has 0 saturated heterocycles. The highest BCUT2D eigenvalue weighted by atomic mass is 32.2. The lowest BCUT2D eigenvalue weighted by molar-refractivity contribution is 0.207. The van der Waals surface area contributed by atoms with Gasteiger partial charge in [-0.25, -0.2) is 0 Å². The molecule has 0 bridgehead atoms. The van der Waals surface area contributed by atoms with Crippen LogP contribution in [0.4, 0.5) is 0 Å². The number of hydrogen-bond donors (Lipinski definition) is 2. The van der Waals surface area contributed by atoms with Crippen LogP contribution in [0.15, 0.2) is 0 Å². The van der Waals surface area contributed by atoms with Gasteiger partial charge in [0.25, 0.3) is 0 Å². The van der Waals surface area contributed by atoms with E-state index in [0.717, 1.165) is 19.3 Å².